The lowest BCUT2D eigenvalue weighted by atomic mass is 10.00. The Kier molecular flexibility index (Phi) is 4.13. The zero-order valence-corrected chi connectivity index (χ0v) is 12.3. The van der Waals surface area contributed by atoms with Gasteiger partial charge in [0.2, 0.25) is 0 Å². The summed E-state index contributed by atoms with van der Waals surface area (Å²) in [4.78, 5) is 5.97. The van der Waals surface area contributed by atoms with E-state index in [-0.39, 0.29) is 5.54 Å². The Morgan fingerprint density at radius 1 is 1.19 bits per heavy atom. The molecule has 0 saturated heterocycles. The van der Waals surface area contributed by atoms with E-state index in [9.17, 15) is 0 Å². The van der Waals surface area contributed by atoms with Crippen molar-refractivity contribution < 1.29 is 0 Å². The molecule has 0 aliphatic carbocycles. The first-order valence-corrected chi connectivity index (χ1v) is 6.78. The van der Waals surface area contributed by atoms with E-state index in [1.165, 1.54) is 9.88 Å². The van der Waals surface area contributed by atoms with Gasteiger partial charge in [-0.1, -0.05) is 13.8 Å². The molecule has 0 radical (unpaired) electrons. The highest BCUT2D eigenvalue weighted by atomic mass is 32.1. The van der Waals surface area contributed by atoms with Gasteiger partial charge in [0.1, 0.15) is 5.01 Å². The monoisotopic (exact) mass is 240 g/mol. The van der Waals surface area contributed by atoms with E-state index in [1.54, 1.807) is 11.3 Å². The molecule has 0 fully saturated rings. The first kappa shape index (κ1) is 13.7. The van der Waals surface area contributed by atoms with Crippen LogP contribution in [0.2, 0.25) is 0 Å². The van der Waals surface area contributed by atoms with Crippen LogP contribution in [-0.2, 0) is 5.54 Å². The predicted octanol–water partition coefficient (Wildman–Crippen LogP) is 3.63. The minimum Gasteiger partial charge on any atom is -0.303 e. The van der Waals surface area contributed by atoms with Crippen molar-refractivity contribution in [3.05, 3.63) is 15.6 Å². The standard InChI is InChI=1S/C13H24N2S/c1-8(2)9(3)15-13(6,7)12-14-10(4)11(5)16-12/h8-9,15H,1-7H3. The van der Waals surface area contributed by atoms with E-state index in [4.69, 9.17) is 0 Å². The van der Waals surface area contributed by atoms with Gasteiger partial charge in [-0.15, -0.1) is 11.3 Å². The molecule has 3 heteroatoms. The molecule has 0 aliphatic heterocycles. The molecule has 0 amide bonds. The quantitative estimate of drug-likeness (QED) is 0.869. The first-order chi connectivity index (χ1) is 7.24. The Morgan fingerprint density at radius 3 is 2.12 bits per heavy atom. The molecule has 1 aromatic heterocycles. The summed E-state index contributed by atoms with van der Waals surface area (Å²) in [5.41, 5.74) is 1.12. The molecule has 0 bridgehead atoms. The van der Waals surface area contributed by atoms with Gasteiger partial charge < -0.3 is 5.32 Å². The summed E-state index contributed by atoms with van der Waals surface area (Å²) in [6.07, 6.45) is 0. The third-order valence-electron chi connectivity index (χ3n) is 3.15. The summed E-state index contributed by atoms with van der Waals surface area (Å²) >= 11 is 1.80. The van der Waals surface area contributed by atoms with Gasteiger partial charge in [0, 0.05) is 10.9 Å². The van der Waals surface area contributed by atoms with Crippen molar-refractivity contribution in [2.45, 2.75) is 60.0 Å². The topological polar surface area (TPSA) is 24.9 Å². The van der Waals surface area contributed by atoms with Gasteiger partial charge in [0.25, 0.3) is 0 Å². The van der Waals surface area contributed by atoms with Gasteiger partial charge in [-0.25, -0.2) is 4.98 Å². The van der Waals surface area contributed by atoms with Crippen LogP contribution in [0, 0.1) is 19.8 Å². The average Bonchev–Trinajstić information content (AvgIpc) is 2.47. The van der Waals surface area contributed by atoms with Crippen LogP contribution in [0.5, 0.6) is 0 Å². The molecule has 0 saturated carbocycles. The van der Waals surface area contributed by atoms with Gasteiger partial charge in [-0.3, -0.25) is 0 Å². The Morgan fingerprint density at radius 2 is 1.75 bits per heavy atom. The number of hydrogen-bond acceptors (Lipinski definition) is 3. The molecule has 92 valence electrons. The van der Waals surface area contributed by atoms with Crippen LogP contribution in [0.15, 0.2) is 0 Å². The highest BCUT2D eigenvalue weighted by Gasteiger charge is 2.27. The number of nitrogens with one attached hydrogen (secondary N) is 1. The summed E-state index contributed by atoms with van der Waals surface area (Å²) in [6, 6.07) is 0.500. The predicted molar refractivity (Wildman–Crippen MR) is 72.0 cm³/mol. The molecule has 0 aliphatic rings. The van der Waals surface area contributed by atoms with Crippen molar-refractivity contribution >= 4 is 11.3 Å². The molecule has 16 heavy (non-hydrogen) atoms. The fraction of sp³-hybridized carbons (Fsp3) is 0.769. The lowest BCUT2D eigenvalue weighted by Crippen LogP contribution is -2.44. The fourth-order valence-electron chi connectivity index (χ4n) is 1.54. The van der Waals surface area contributed by atoms with E-state index in [0.717, 1.165) is 5.69 Å². The fourth-order valence-corrected chi connectivity index (χ4v) is 2.52. The average molecular weight is 240 g/mol. The minimum absolute atomic E-state index is 0.0344. The Balaban J connectivity index is 2.85. The number of thiazole rings is 1. The molecule has 0 aromatic carbocycles. The normalized spacial score (nSPS) is 14.5. The van der Waals surface area contributed by atoms with Crippen molar-refractivity contribution in [2.75, 3.05) is 0 Å². The molecule has 0 spiro atoms. The number of nitrogens with zero attached hydrogens (tertiary/aromatic N) is 1. The SMILES string of the molecule is Cc1nc(C(C)(C)NC(C)C(C)C)sc1C. The Labute approximate surface area is 103 Å². The molecular weight excluding hydrogens is 216 g/mol. The van der Waals surface area contributed by atoms with Gasteiger partial charge in [-0.2, -0.15) is 0 Å². The number of aromatic nitrogens is 1. The Bertz CT molecular complexity index is 333. The maximum Gasteiger partial charge on any atom is 0.113 e. The molecular formula is C13H24N2S. The zero-order chi connectivity index (χ0) is 12.5. The summed E-state index contributed by atoms with van der Waals surface area (Å²) in [5, 5.41) is 4.85. The third kappa shape index (κ3) is 3.05. The van der Waals surface area contributed by atoms with Gasteiger partial charge in [-0.05, 0) is 40.5 Å². The second-order valence-corrected chi connectivity index (χ2v) is 6.67. The van der Waals surface area contributed by atoms with E-state index in [2.05, 4.69) is 58.8 Å². The van der Waals surface area contributed by atoms with Crippen LogP contribution >= 0.6 is 11.3 Å². The molecule has 1 unspecified atom stereocenters. The van der Waals surface area contributed by atoms with Crippen molar-refractivity contribution in [2.24, 2.45) is 5.92 Å². The molecule has 1 N–H and O–H groups in total. The highest BCUT2D eigenvalue weighted by molar-refractivity contribution is 7.11. The summed E-state index contributed by atoms with van der Waals surface area (Å²) in [6.45, 7) is 15.4. The van der Waals surface area contributed by atoms with Crippen molar-refractivity contribution in [1.82, 2.24) is 10.3 Å². The van der Waals surface area contributed by atoms with Crippen LogP contribution in [0.4, 0.5) is 0 Å². The highest BCUT2D eigenvalue weighted by Crippen LogP contribution is 2.28. The van der Waals surface area contributed by atoms with E-state index < -0.39 is 0 Å². The lowest BCUT2D eigenvalue weighted by molar-refractivity contribution is 0.304. The number of rotatable bonds is 4. The maximum absolute atomic E-state index is 4.65. The number of aryl methyl sites for hydroxylation is 2. The second-order valence-electron chi connectivity index (χ2n) is 5.46. The van der Waals surface area contributed by atoms with Crippen molar-refractivity contribution in [1.29, 1.82) is 0 Å². The first-order valence-electron chi connectivity index (χ1n) is 5.96. The van der Waals surface area contributed by atoms with Gasteiger partial charge >= 0.3 is 0 Å². The van der Waals surface area contributed by atoms with Crippen LogP contribution in [0.1, 0.15) is 50.2 Å². The molecule has 2 nitrogen and oxygen atoms in total. The largest absolute Gasteiger partial charge is 0.303 e. The summed E-state index contributed by atoms with van der Waals surface area (Å²) < 4.78 is 0. The maximum atomic E-state index is 4.65. The Hall–Kier alpha value is -0.410. The van der Waals surface area contributed by atoms with Crippen molar-refractivity contribution in [3.63, 3.8) is 0 Å². The number of hydrogen-bond donors (Lipinski definition) is 1. The zero-order valence-electron chi connectivity index (χ0n) is 11.5. The lowest BCUT2D eigenvalue weighted by Gasteiger charge is -2.30. The van der Waals surface area contributed by atoms with Crippen LogP contribution in [0.3, 0.4) is 0 Å². The summed E-state index contributed by atoms with van der Waals surface area (Å²) in [7, 11) is 0. The van der Waals surface area contributed by atoms with Crippen LogP contribution < -0.4 is 5.32 Å². The van der Waals surface area contributed by atoms with Crippen molar-refractivity contribution in [3.8, 4) is 0 Å². The molecule has 1 aromatic rings. The van der Waals surface area contributed by atoms with E-state index in [0.29, 0.717) is 12.0 Å². The third-order valence-corrected chi connectivity index (χ3v) is 4.55. The minimum atomic E-state index is -0.0344. The molecule has 1 heterocycles. The molecule has 1 atom stereocenters. The second kappa shape index (κ2) is 4.84. The van der Waals surface area contributed by atoms with Crippen LogP contribution in [-0.4, -0.2) is 11.0 Å². The smallest absolute Gasteiger partial charge is 0.113 e. The summed E-state index contributed by atoms with van der Waals surface area (Å²) in [5.74, 6) is 0.640. The molecule has 1 rings (SSSR count). The van der Waals surface area contributed by atoms with E-state index in [1.807, 2.05) is 0 Å². The van der Waals surface area contributed by atoms with Gasteiger partial charge in [0.05, 0.1) is 11.2 Å². The van der Waals surface area contributed by atoms with E-state index >= 15 is 0 Å². The van der Waals surface area contributed by atoms with Gasteiger partial charge in [0.15, 0.2) is 0 Å². The van der Waals surface area contributed by atoms with Crippen LogP contribution in [0.25, 0.3) is 0 Å².